The van der Waals surface area contributed by atoms with Gasteiger partial charge in [-0.3, -0.25) is 14.2 Å². The molecule has 1 saturated heterocycles. The maximum atomic E-state index is 14.5. The van der Waals surface area contributed by atoms with Gasteiger partial charge in [0, 0.05) is 36.6 Å². The Bertz CT molecular complexity index is 1740. The second-order valence-electron chi connectivity index (χ2n) is 11.7. The van der Waals surface area contributed by atoms with Crippen LogP contribution in [-0.2, 0) is 21.6 Å². The van der Waals surface area contributed by atoms with Crippen LogP contribution in [0, 0.1) is 13.8 Å². The van der Waals surface area contributed by atoms with Gasteiger partial charge < -0.3 is 19.5 Å². The van der Waals surface area contributed by atoms with Gasteiger partial charge in [-0.25, -0.2) is 14.0 Å². The van der Waals surface area contributed by atoms with E-state index in [1.54, 1.807) is 55.9 Å². The van der Waals surface area contributed by atoms with Gasteiger partial charge in [-0.05, 0) is 65.7 Å². The van der Waals surface area contributed by atoms with Crippen molar-refractivity contribution < 1.29 is 19.4 Å². The number of fused-ring (bicyclic) bond motifs is 1. The molecule has 0 bridgehead atoms. The molecule has 4 aromatic rings. The molecule has 43 heavy (non-hydrogen) atoms. The highest BCUT2D eigenvalue weighted by Crippen LogP contribution is 2.35. The molecule has 11 nitrogen and oxygen atoms in total. The van der Waals surface area contributed by atoms with Gasteiger partial charge in [-0.2, -0.15) is 5.10 Å². The lowest BCUT2D eigenvalue weighted by molar-refractivity contribution is -0.138. The average Bonchev–Trinajstić information content (AvgIpc) is 3.74. The number of hydrogen-bond acceptors (Lipinski definition) is 8. The first kappa shape index (κ1) is 30.7. The van der Waals surface area contributed by atoms with Crippen molar-refractivity contribution in [2.75, 3.05) is 26.8 Å². The summed E-state index contributed by atoms with van der Waals surface area (Å²) in [4.78, 5) is 44.7. The lowest BCUT2D eigenvalue weighted by atomic mass is 10.0. The number of carbonyl (C=O) groups excluding carboxylic acids is 1. The highest BCUT2D eigenvalue weighted by Gasteiger charge is 2.39. The first-order valence-electron chi connectivity index (χ1n) is 14.5. The predicted octanol–water partition coefficient (Wildman–Crippen LogP) is 3.53. The van der Waals surface area contributed by atoms with Crippen LogP contribution in [0.5, 0.6) is 5.75 Å². The number of thiophene rings is 1. The number of rotatable bonds is 10. The Labute approximate surface area is 253 Å². The van der Waals surface area contributed by atoms with Crippen LogP contribution in [-0.4, -0.2) is 67.7 Å². The molecule has 1 aliphatic rings. The third-order valence-electron chi connectivity index (χ3n) is 7.99. The largest absolute Gasteiger partial charge is 0.496 e. The van der Waals surface area contributed by atoms with E-state index in [4.69, 9.17) is 9.47 Å². The third-order valence-corrected chi connectivity index (χ3v) is 9.30. The lowest BCUT2D eigenvalue weighted by Crippen LogP contribution is -2.56. The number of benzene rings is 1. The summed E-state index contributed by atoms with van der Waals surface area (Å²) in [5.41, 5.74) is -0.236. The summed E-state index contributed by atoms with van der Waals surface area (Å²) in [6.07, 6.45) is 3.73. The summed E-state index contributed by atoms with van der Waals surface area (Å²) >= 11 is 1.28. The van der Waals surface area contributed by atoms with Crippen molar-refractivity contribution in [2.45, 2.75) is 71.8 Å². The van der Waals surface area contributed by atoms with E-state index in [1.807, 2.05) is 32.0 Å². The molecule has 1 aromatic carbocycles. The van der Waals surface area contributed by atoms with Gasteiger partial charge in [0.05, 0.1) is 31.8 Å². The van der Waals surface area contributed by atoms with Crippen LogP contribution in [0.2, 0.25) is 0 Å². The number of aliphatic hydroxyl groups is 1. The van der Waals surface area contributed by atoms with E-state index < -0.39 is 29.0 Å². The number of aliphatic hydroxyl groups excluding tert-OH is 1. The Balaban J connectivity index is 1.77. The van der Waals surface area contributed by atoms with Crippen molar-refractivity contribution in [2.24, 2.45) is 0 Å². The van der Waals surface area contributed by atoms with Crippen molar-refractivity contribution in [3.05, 3.63) is 74.2 Å². The molecule has 0 saturated carbocycles. The fourth-order valence-corrected chi connectivity index (χ4v) is 7.01. The molecule has 0 aliphatic carbocycles. The average molecular weight is 610 g/mol. The van der Waals surface area contributed by atoms with E-state index in [0.29, 0.717) is 45.2 Å². The first-order chi connectivity index (χ1) is 20.4. The minimum Gasteiger partial charge on any atom is -0.496 e. The van der Waals surface area contributed by atoms with Crippen LogP contribution in [0.25, 0.3) is 15.2 Å². The number of aryl methyl sites for hydroxylation is 2. The van der Waals surface area contributed by atoms with Crippen molar-refractivity contribution in [1.29, 1.82) is 0 Å². The summed E-state index contributed by atoms with van der Waals surface area (Å²) in [7, 11) is 1.57. The van der Waals surface area contributed by atoms with Crippen LogP contribution in [0.4, 0.5) is 0 Å². The SMILES string of the molecule is COc1ccc(C)cc1[C@H](Cn1c(=O)n(C(C)(C)C(=O)N2CCCC2)c(=O)c2c(C)c(-n3cccn3)sc21)OC[C@@H](C)O. The van der Waals surface area contributed by atoms with E-state index in [-0.39, 0.29) is 19.1 Å². The number of methoxy groups -OCH3 is 1. The third kappa shape index (κ3) is 5.66. The monoisotopic (exact) mass is 609 g/mol. The van der Waals surface area contributed by atoms with E-state index in [0.717, 1.165) is 23.0 Å². The highest BCUT2D eigenvalue weighted by atomic mass is 32.1. The Morgan fingerprint density at radius 2 is 1.91 bits per heavy atom. The highest BCUT2D eigenvalue weighted by molar-refractivity contribution is 7.21. The molecule has 12 heteroatoms. The lowest BCUT2D eigenvalue weighted by Gasteiger charge is -2.31. The van der Waals surface area contributed by atoms with Gasteiger partial charge in [0.25, 0.3) is 5.56 Å². The molecule has 0 unspecified atom stereocenters. The summed E-state index contributed by atoms with van der Waals surface area (Å²) in [6.45, 7) is 9.88. The van der Waals surface area contributed by atoms with Gasteiger partial charge in [0.1, 0.15) is 27.2 Å². The zero-order valence-corrected chi connectivity index (χ0v) is 26.3. The topological polar surface area (TPSA) is 121 Å². The molecule has 0 spiro atoms. The number of carbonyl (C=O) groups is 1. The summed E-state index contributed by atoms with van der Waals surface area (Å²) < 4.78 is 16.2. The number of hydrogen-bond donors (Lipinski definition) is 1. The fraction of sp³-hybridized carbons (Fsp3) is 0.484. The Hall–Kier alpha value is -3.74. The van der Waals surface area contributed by atoms with Gasteiger partial charge in [0.2, 0.25) is 5.91 Å². The molecule has 0 radical (unpaired) electrons. The Kier molecular flexibility index (Phi) is 8.64. The van der Waals surface area contributed by atoms with Crippen LogP contribution in [0.15, 0.2) is 46.2 Å². The summed E-state index contributed by atoms with van der Waals surface area (Å²) in [5, 5.41) is 15.5. The van der Waals surface area contributed by atoms with Gasteiger partial charge in [0.15, 0.2) is 0 Å². The van der Waals surface area contributed by atoms with E-state index >= 15 is 0 Å². The molecule has 1 N–H and O–H groups in total. The second-order valence-corrected chi connectivity index (χ2v) is 12.6. The summed E-state index contributed by atoms with van der Waals surface area (Å²) in [6, 6.07) is 7.48. The summed E-state index contributed by atoms with van der Waals surface area (Å²) in [5.74, 6) is 0.306. The van der Waals surface area contributed by atoms with Gasteiger partial charge >= 0.3 is 5.69 Å². The molecule has 4 heterocycles. The molecular weight excluding hydrogens is 570 g/mol. The number of likely N-dealkylation sites (tertiary alicyclic amines) is 1. The first-order valence-corrected chi connectivity index (χ1v) is 15.3. The molecule has 2 atom stereocenters. The van der Waals surface area contributed by atoms with Crippen molar-refractivity contribution >= 4 is 27.5 Å². The molecule has 5 rings (SSSR count). The van der Waals surface area contributed by atoms with Crippen LogP contribution < -0.4 is 16.0 Å². The quantitative estimate of drug-likeness (QED) is 0.292. The van der Waals surface area contributed by atoms with Gasteiger partial charge in [-0.1, -0.05) is 23.0 Å². The second kappa shape index (κ2) is 12.1. The zero-order chi connectivity index (χ0) is 31.1. The molecule has 1 amide bonds. The maximum absolute atomic E-state index is 14.5. The Morgan fingerprint density at radius 1 is 1.19 bits per heavy atom. The van der Waals surface area contributed by atoms with Gasteiger partial charge in [-0.15, -0.1) is 0 Å². The molecule has 3 aromatic heterocycles. The van der Waals surface area contributed by atoms with Crippen molar-refractivity contribution in [1.82, 2.24) is 23.8 Å². The maximum Gasteiger partial charge on any atom is 0.333 e. The van der Waals surface area contributed by atoms with Crippen LogP contribution in [0.1, 0.15) is 56.4 Å². The van der Waals surface area contributed by atoms with Crippen molar-refractivity contribution in [3.8, 4) is 10.8 Å². The van der Waals surface area contributed by atoms with Crippen molar-refractivity contribution in [3.63, 3.8) is 0 Å². The van der Waals surface area contributed by atoms with E-state index in [9.17, 15) is 19.5 Å². The minimum atomic E-state index is -1.44. The normalized spacial score (nSPS) is 15.3. The number of amides is 1. The zero-order valence-electron chi connectivity index (χ0n) is 25.5. The fourth-order valence-electron chi connectivity index (χ4n) is 5.77. The smallest absolute Gasteiger partial charge is 0.333 e. The van der Waals surface area contributed by atoms with E-state index in [2.05, 4.69) is 5.10 Å². The number of ether oxygens (including phenoxy) is 2. The van der Waals surface area contributed by atoms with E-state index in [1.165, 1.54) is 15.9 Å². The van der Waals surface area contributed by atoms with Crippen LogP contribution >= 0.6 is 11.3 Å². The predicted molar refractivity (Wildman–Crippen MR) is 165 cm³/mol. The standard InChI is InChI=1S/C31H39N5O6S/c1-19-10-11-23(41-6)22(16-19)24(42-18-20(2)37)17-34-28-25(21(3)27(43-28)35-15-9-12-32-35)26(38)36(30(34)40)31(4,5)29(39)33-13-7-8-14-33/h9-12,15-16,20,24,37H,7-8,13-14,17-18H2,1-6H3/t20-,24+/m1/s1. The minimum absolute atomic E-state index is 0.00856. The number of nitrogens with zero attached hydrogens (tertiary/aromatic N) is 5. The molecule has 230 valence electrons. The molecule has 1 fully saturated rings. The van der Waals surface area contributed by atoms with Crippen LogP contribution in [0.3, 0.4) is 0 Å². The molecule has 1 aliphatic heterocycles. The molecular formula is C31H39N5O6S. The Morgan fingerprint density at radius 3 is 2.53 bits per heavy atom. The number of aromatic nitrogens is 4.